The van der Waals surface area contributed by atoms with Crippen LogP contribution >= 0.6 is 0 Å². The second-order valence-electron chi connectivity index (χ2n) is 15.1. The average Bonchev–Trinajstić information content (AvgIpc) is 3.17. The fraction of sp³-hybridized carbons (Fsp3) is 0.875. The van der Waals surface area contributed by atoms with Crippen LogP contribution in [0, 0.1) is 56.7 Å². The Bertz CT molecular complexity index is 967. The molecule has 0 amide bonds. The van der Waals surface area contributed by atoms with E-state index in [-0.39, 0.29) is 39.7 Å². The van der Waals surface area contributed by atoms with Crippen LogP contribution in [-0.2, 0) is 14.3 Å². The third kappa shape index (κ3) is 3.17. The van der Waals surface area contributed by atoms with E-state index in [2.05, 4.69) is 48.1 Å². The number of ether oxygens (including phenoxy) is 1. The number of allylic oxidation sites excluding steroid dienone is 1. The zero-order valence-corrected chi connectivity index (χ0v) is 23.9. The minimum absolute atomic E-state index is 0.00466. The summed E-state index contributed by atoms with van der Waals surface area (Å²) in [5.41, 5.74) is 1.20. The van der Waals surface area contributed by atoms with Gasteiger partial charge in [0.05, 0.1) is 5.41 Å². The van der Waals surface area contributed by atoms with Crippen LogP contribution < -0.4 is 0 Å². The molecule has 0 spiro atoms. The Morgan fingerprint density at radius 2 is 1.50 bits per heavy atom. The first kappa shape index (κ1) is 26.3. The summed E-state index contributed by atoms with van der Waals surface area (Å²) in [4.78, 5) is 24.7. The molecule has 0 unspecified atom stereocenters. The molecule has 0 bridgehead atoms. The highest BCUT2D eigenvalue weighted by atomic mass is 16.5. The van der Waals surface area contributed by atoms with Crippen molar-refractivity contribution in [3.05, 3.63) is 12.2 Å². The zero-order valence-electron chi connectivity index (χ0n) is 23.9. The maximum atomic E-state index is 12.8. The van der Waals surface area contributed by atoms with Gasteiger partial charge in [-0.15, -0.1) is 0 Å². The average molecular weight is 499 g/mol. The molecule has 5 saturated carbocycles. The third-order valence-electron chi connectivity index (χ3n) is 13.7. The molecular formula is C32H50O4. The van der Waals surface area contributed by atoms with Crippen LogP contribution in [0.15, 0.2) is 12.2 Å². The number of hydrogen-bond donors (Lipinski definition) is 1. The number of carboxylic acid groups (broad SMARTS) is 1. The lowest BCUT2D eigenvalue weighted by molar-refractivity contribution is -0.250. The molecular weight excluding hydrogens is 448 g/mol. The second kappa shape index (κ2) is 8.09. The smallest absolute Gasteiger partial charge is 0.309 e. The Balaban J connectivity index is 1.52. The topological polar surface area (TPSA) is 63.6 Å². The van der Waals surface area contributed by atoms with Gasteiger partial charge in [-0.05, 0) is 117 Å². The molecule has 0 saturated heterocycles. The molecule has 36 heavy (non-hydrogen) atoms. The molecule has 0 aromatic carbocycles. The van der Waals surface area contributed by atoms with Crippen LogP contribution in [0.5, 0.6) is 0 Å². The number of esters is 1. The van der Waals surface area contributed by atoms with E-state index in [0.717, 1.165) is 44.9 Å². The summed E-state index contributed by atoms with van der Waals surface area (Å²) >= 11 is 0. The van der Waals surface area contributed by atoms with Gasteiger partial charge in [0.15, 0.2) is 0 Å². The largest absolute Gasteiger partial charge is 0.481 e. The van der Waals surface area contributed by atoms with E-state index in [9.17, 15) is 14.7 Å². The van der Waals surface area contributed by atoms with Gasteiger partial charge in [0.2, 0.25) is 0 Å². The molecule has 1 N–H and O–H groups in total. The van der Waals surface area contributed by atoms with E-state index in [0.29, 0.717) is 23.7 Å². The van der Waals surface area contributed by atoms with Crippen molar-refractivity contribution < 1.29 is 19.4 Å². The van der Waals surface area contributed by atoms with Crippen LogP contribution in [0.25, 0.3) is 0 Å². The maximum absolute atomic E-state index is 12.8. The Kier molecular flexibility index (Phi) is 5.91. The molecule has 0 aromatic heterocycles. The first-order valence-corrected chi connectivity index (χ1v) is 14.7. The molecule has 5 rings (SSSR count). The van der Waals surface area contributed by atoms with E-state index in [1.165, 1.54) is 24.8 Å². The van der Waals surface area contributed by atoms with Crippen molar-refractivity contribution >= 4 is 11.9 Å². The first-order chi connectivity index (χ1) is 16.6. The van der Waals surface area contributed by atoms with Gasteiger partial charge in [0.25, 0.3) is 0 Å². The Morgan fingerprint density at radius 3 is 2.11 bits per heavy atom. The van der Waals surface area contributed by atoms with Crippen molar-refractivity contribution in [2.24, 2.45) is 56.7 Å². The monoisotopic (exact) mass is 498 g/mol. The van der Waals surface area contributed by atoms with E-state index < -0.39 is 11.4 Å². The summed E-state index contributed by atoms with van der Waals surface area (Å²) in [6.45, 7) is 20.4. The predicted molar refractivity (Wildman–Crippen MR) is 142 cm³/mol. The van der Waals surface area contributed by atoms with Gasteiger partial charge in [-0.3, -0.25) is 9.59 Å². The van der Waals surface area contributed by atoms with Crippen molar-refractivity contribution in [3.8, 4) is 0 Å². The van der Waals surface area contributed by atoms with Gasteiger partial charge in [0.1, 0.15) is 6.10 Å². The highest BCUT2D eigenvalue weighted by Gasteiger charge is 2.72. The highest BCUT2D eigenvalue weighted by molar-refractivity contribution is 5.76. The van der Waals surface area contributed by atoms with Crippen molar-refractivity contribution in [2.75, 3.05) is 0 Å². The van der Waals surface area contributed by atoms with Crippen LogP contribution in [0.1, 0.15) is 113 Å². The molecule has 5 aliphatic carbocycles. The molecule has 0 heterocycles. The zero-order chi connectivity index (χ0) is 26.5. The number of carbonyl (C=O) groups is 2. The van der Waals surface area contributed by atoms with Crippen LogP contribution in [-0.4, -0.2) is 23.1 Å². The highest BCUT2D eigenvalue weighted by Crippen LogP contribution is 2.77. The molecule has 0 aliphatic heterocycles. The maximum Gasteiger partial charge on any atom is 0.309 e. The predicted octanol–water partition coefficient (Wildman–Crippen LogP) is 7.66. The summed E-state index contributed by atoms with van der Waals surface area (Å²) in [6, 6.07) is 0. The van der Waals surface area contributed by atoms with Crippen molar-refractivity contribution in [1.82, 2.24) is 0 Å². The van der Waals surface area contributed by atoms with E-state index >= 15 is 0 Å². The lowest BCUT2D eigenvalue weighted by Crippen LogP contribution is -2.67. The Hall–Kier alpha value is -1.32. The van der Waals surface area contributed by atoms with Gasteiger partial charge < -0.3 is 9.84 Å². The summed E-state index contributed by atoms with van der Waals surface area (Å²) in [5.74, 6) is 1.49. The van der Waals surface area contributed by atoms with Crippen molar-refractivity contribution in [1.29, 1.82) is 0 Å². The standard InChI is InChI=1S/C32H50O4/c1-19(2)21-11-16-32(27(34)35)18-17-30(7)22(26(21)32)9-10-24-29(6)14-13-25(36-20(3)33)28(4,5)23(29)12-15-31(24,30)8/h21-26H,1,9-18H2,2-8H3,(H,34,35)/t21-,22+,23+,24+,25+,26+,29-,30+,31+,32-/m0/s1. The van der Waals surface area contributed by atoms with Gasteiger partial charge >= 0.3 is 11.9 Å². The fourth-order valence-electron chi connectivity index (χ4n) is 11.9. The molecule has 0 aromatic rings. The molecule has 4 heteroatoms. The van der Waals surface area contributed by atoms with Gasteiger partial charge in [-0.1, -0.05) is 46.8 Å². The number of carboxylic acids is 1. The number of hydrogen-bond acceptors (Lipinski definition) is 3. The van der Waals surface area contributed by atoms with Gasteiger partial charge in [-0.2, -0.15) is 0 Å². The minimum Gasteiger partial charge on any atom is -0.481 e. The molecule has 4 nitrogen and oxygen atoms in total. The van der Waals surface area contributed by atoms with E-state index in [1.54, 1.807) is 6.92 Å². The molecule has 202 valence electrons. The summed E-state index contributed by atoms with van der Waals surface area (Å²) in [7, 11) is 0. The third-order valence-corrected chi connectivity index (χ3v) is 13.7. The van der Waals surface area contributed by atoms with Crippen molar-refractivity contribution in [2.45, 2.75) is 119 Å². The number of carbonyl (C=O) groups excluding carboxylic acids is 1. The molecule has 10 atom stereocenters. The second-order valence-corrected chi connectivity index (χ2v) is 15.1. The number of aliphatic carboxylic acids is 1. The van der Waals surface area contributed by atoms with Crippen molar-refractivity contribution in [3.63, 3.8) is 0 Å². The normalized spacial score (nSPS) is 51.2. The lowest BCUT2D eigenvalue weighted by Gasteiger charge is -2.72. The summed E-state index contributed by atoms with van der Waals surface area (Å²) < 4.78 is 5.88. The number of fused-ring (bicyclic) bond motifs is 7. The molecule has 0 radical (unpaired) electrons. The quantitative estimate of drug-likeness (QED) is 0.320. The fourth-order valence-corrected chi connectivity index (χ4v) is 11.9. The van der Waals surface area contributed by atoms with Crippen LogP contribution in [0.4, 0.5) is 0 Å². The Labute approximate surface area is 219 Å². The first-order valence-electron chi connectivity index (χ1n) is 14.7. The number of rotatable bonds is 3. The molecule has 5 aliphatic rings. The van der Waals surface area contributed by atoms with E-state index in [4.69, 9.17) is 4.74 Å². The minimum atomic E-state index is -0.553. The Morgan fingerprint density at radius 1 is 0.806 bits per heavy atom. The van der Waals surface area contributed by atoms with Gasteiger partial charge in [0, 0.05) is 12.3 Å². The van der Waals surface area contributed by atoms with Crippen LogP contribution in [0.3, 0.4) is 0 Å². The lowest BCUT2D eigenvalue weighted by atomic mass is 9.32. The van der Waals surface area contributed by atoms with Crippen LogP contribution in [0.2, 0.25) is 0 Å². The summed E-state index contributed by atoms with van der Waals surface area (Å²) in [6.07, 6.45) is 10.5. The summed E-state index contributed by atoms with van der Waals surface area (Å²) in [5, 5.41) is 10.5. The molecule has 5 fully saturated rings. The van der Waals surface area contributed by atoms with E-state index in [1.807, 2.05) is 0 Å². The SMILES string of the molecule is C=C(C)[C@@H]1CC[C@]2(C(=O)O)CC[C@]3(C)[C@H](CC[C@@H]4[C@@]5(C)CC[C@@H](OC(C)=O)C(C)(C)[C@H]5CC[C@]43C)[C@@H]12. The van der Waals surface area contributed by atoms with Gasteiger partial charge in [-0.25, -0.2) is 0 Å².